The molecular formula is C16H15N3O5. The first-order chi connectivity index (χ1) is 11.5. The van der Waals surface area contributed by atoms with Crippen LogP contribution in [-0.2, 0) is 0 Å². The van der Waals surface area contributed by atoms with Gasteiger partial charge in [-0.3, -0.25) is 14.9 Å². The Morgan fingerprint density at radius 2 is 2.12 bits per heavy atom. The lowest BCUT2D eigenvalue weighted by atomic mass is 10.2. The molecule has 8 heteroatoms. The van der Waals surface area contributed by atoms with Gasteiger partial charge in [-0.15, -0.1) is 0 Å². The molecular weight excluding hydrogens is 314 g/mol. The van der Waals surface area contributed by atoms with E-state index in [4.69, 9.17) is 4.74 Å². The number of benzene rings is 2. The van der Waals surface area contributed by atoms with Crippen LogP contribution in [0.15, 0.2) is 47.6 Å². The second kappa shape index (κ2) is 7.73. The largest absolute Gasteiger partial charge is 0.504 e. The lowest BCUT2D eigenvalue weighted by molar-refractivity contribution is -0.385. The predicted molar refractivity (Wildman–Crippen MR) is 87.4 cm³/mol. The summed E-state index contributed by atoms with van der Waals surface area (Å²) in [5, 5.41) is 24.3. The summed E-state index contributed by atoms with van der Waals surface area (Å²) in [6.45, 7) is 2.18. The molecule has 0 aliphatic rings. The number of rotatable bonds is 6. The minimum Gasteiger partial charge on any atom is -0.504 e. The van der Waals surface area contributed by atoms with Gasteiger partial charge in [-0.1, -0.05) is 12.1 Å². The lowest BCUT2D eigenvalue weighted by Gasteiger charge is -2.06. The molecule has 0 saturated carbocycles. The van der Waals surface area contributed by atoms with Crippen molar-refractivity contribution in [2.24, 2.45) is 5.10 Å². The molecule has 124 valence electrons. The van der Waals surface area contributed by atoms with Crippen molar-refractivity contribution in [3.05, 3.63) is 63.7 Å². The van der Waals surface area contributed by atoms with Crippen molar-refractivity contribution < 1.29 is 19.6 Å². The summed E-state index contributed by atoms with van der Waals surface area (Å²) in [4.78, 5) is 22.3. The number of hydrazone groups is 1. The molecule has 0 heterocycles. The molecule has 0 aliphatic carbocycles. The molecule has 0 unspecified atom stereocenters. The molecule has 24 heavy (non-hydrogen) atoms. The van der Waals surface area contributed by atoms with Crippen molar-refractivity contribution in [3.63, 3.8) is 0 Å². The van der Waals surface area contributed by atoms with E-state index in [1.165, 1.54) is 36.5 Å². The zero-order chi connectivity index (χ0) is 17.5. The highest BCUT2D eigenvalue weighted by Crippen LogP contribution is 2.26. The average molecular weight is 329 g/mol. The molecule has 2 aromatic rings. The van der Waals surface area contributed by atoms with E-state index in [2.05, 4.69) is 10.5 Å². The van der Waals surface area contributed by atoms with Crippen LogP contribution >= 0.6 is 0 Å². The van der Waals surface area contributed by atoms with E-state index in [0.717, 1.165) is 0 Å². The Balaban J connectivity index is 2.11. The van der Waals surface area contributed by atoms with Gasteiger partial charge in [0.25, 0.3) is 11.6 Å². The van der Waals surface area contributed by atoms with Crippen LogP contribution in [0, 0.1) is 10.1 Å². The number of carbonyl (C=O) groups excluding carboxylic acids is 1. The molecule has 1 amide bonds. The fourth-order valence-corrected chi connectivity index (χ4v) is 1.93. The quantitative estimate of drug-likeness (QED) is 0.480. The van der Waals surface area contributed by atoms with E-state index in [-0.39, 0.29) is 17.0 Å². The van der Waals surface area contributed by atoms with Gasteiger partial charge in [0.1, 0.15) is 5.56 Å². The van der Waals surface area contributed by atoms with Crippen molar-refractivity contribution in [2.75, 3.05) is 6.61 Å². The molecule has 0 radical (unpaired) electrons. The monoisotopic (exact) mass is 329 g/mol. The van der Waals surface area contributed by atoms with Gasteiger partial charge in [0.05, 0.1) is 17.7 Å². The van der Waals surface area contributed by atoms with Gasteiger partial charge >= 0.3 is 0 Å². The first-order valence-corrected chi connectivity index (χ1v) is 7.05. The molecule has 2 aromatic carbocycles. The summed E-state index contributed by atoms with van der Waals surface area (Å²) in [6, 6.07) is 10.2. The van der Waals surface area contributed by atoms with Gasteiger partial charge in [-0.2, -0.15) is 5.10 Å². The van der Waals surface area contributed by atoms with Gasteiger partial charge in [-0.05, 0) is 36.8 Å². The summed E-state index contributed by atoms with van der Waals surface area (Å²) in [5.74, 6) is -0.397. The highest BCUT2D eigenvalue weighted by atomic mass is 16.6. The lowest BCUT2D eigenvalue weighted by Crippen LogP contribution is -2.18. The van der Waals surface area contributed by atoms with E-state index >= 15 is 0 Å². The second-order valence-electron chi connectivity index (χ2n) is 4.63. The Morgan fingerprint density at radius 3 is 2.83 bits per heavy atom. The Hall–Kier alpha value is -3.42. The number of para-hydroxylation sites is 1. The van der Waals surface area contributed by atoms with Crippen LogP contribution in [0.3, 0.4) is 0 Å². The van der Waals surface area contributed by atoms with Crippen LogP contribution < -0.4 is 10.2 Å². The maximum atomic E-state index is 12.0. The number of ether oxygens (including phenoxy) is 1. The van der Waals surface area contributed by atoms with Crippen molar-refractivity contribution >= 4 is 17.8 Å². The third kappa shape index (κ3) is 4.07. The Labute approximate surface area is 137 Å². The van der Waals surface area contributed by atoms with Gasteiger partial charge in [0.15, 0.2) is 11.5 Å². The molecule has 0 spiro atoms. The summed E-state index contributed by atoms with van der Waals surface area (Å²) in [5.41, 5.74) is 2.43. The van der Waals surface area contributed by atoms with Crippen molar-refractivity contribution in [1.82, 2.24) is 5.43 Å². The third-order valence-corrected chi connectivity index (χ3v) is 3.01. The minimum absolute atomic E-state index is 0.00190. The van der Waals surface area contributed by atoms with E-state index in [0.29, 0.717) is 17.9 Å². The molecule has 0 fully saturated rings. The van der Waals surface area contributed by atoms with Crippen LogP contribution in [0.2, 0.25) is 0 Å². The van der Waals surface area contributed by atoms with Gasteiger partial charge in [0.2, 0.25) is 0 Å². The number of nitro groups is 1. The average Bonchev–Trinajstić information content (AvgIpc) is 2.57. The topological polar surface area (TPSA) is 114 Å². The molecule has 0 saturated heterocycles. The number of nitrogens with one attached hydrogen (secondary N) is 1. The predicted octanol–water partition coefficient (Wildman–Crippen LogP) is 2.46. The smallest absolute Gasteiger partial charge is 0.282 e. The number of phenols is 1. The highest BCUT2D eigenvalue weighted by molar-refractivity contribution is 5.98. The normalized spacial score (nSPS) is 10.5. The maximum Gasteiger partial charge on any atom is 0.282 e. The summed E-state index contributed by atoms with van der Waals surface area (Å²) < 4.78 is 5.24. The van der Waals surface area contributed by atoms with E-state index in [9.17, 15) is 20.0 Å². The Kier molecular flexibility index (Phi) is 5.45. The molecule has 0 atom stereocenters. The van der Waals surface area contributed by atoms with E-state index in [1.54, 1.807) is 19.1 Å². The molecule has 2 rings (SSSR count). The Morgan fingerprint density at radius 1 is 1.38 bits per heavy atom. The van der Waals surface area contributed by atoms with Crippen LogP contribution in [-0.4, -0.2) is 28.8 Å². The van der Waals surface area contributed by atoms with Crippen LogP contribution in [0.4, 0.5) is 5.69 Å². The first kappa shape index (κ1) is 16.9. The number of phenolic OH excluding ortho intramolecular Hbond substituents is 1. The van der Waals surface area contributed by atoms with Crippen molar-refractivity contribution in [1.29, 1.82) is 0 Å². The zero-order valence-electron chi connectivity index (χ0n) is 12.8. The number of amides is 1. The number of hydrogen-bond donors (Lipinski definition) is 2. The van der Waals surface area contributed by atoms with Crippen LogP contribution in [0.25, 0.3) is 0 Å². The molecule has 0 bridgehead atoms. The standard InChI is InChI=1S/C16H15N3O5/c1-2-24-15-9-11(7-8-14(15)20)10-17-18-16(21)12-5-3-4-6-13(12)19(22)23/h3-10,20H,2H2,1H3,(H,18,21)/b17-10-. The maximum absolute atomic E-state index is 12.0. The number of aromatic hydroxyl groups is 1. The van der Waals surface area contributed by atoms with E-state index < -0.39 is 10.8 Å². The molecule has 8 nitrogen and oxygen atoms in total. The summed E-state index contributed by atoms with van der Waals surface area (Å²) in [6.07, 6.45) is 1.34. The third-order valence-electron chi connectivity index (χ3n) is 3.01. The van der Waals surface area contributed by atoms with Crippen LogP contribution in [0.1, 0.15) is 22.8 Å². The molecule has 0 aromatic heterocycles. The summed E-state index contributed by atoms with van der Waals surface area (Å²) >= 11 is 0. The van der Waals surface area contributed by atoms with Crippen LogP contribution in [0.5, 0.6) is 11.5 Å². The Bertz CT molecular complexity index is 789. The zero-order valence-corrected chi connectivity index (χ0v) is 12.8. The van der Waals surface area contributed by atoms with Gasteiger partial charge in [-0.25, -0.2) is 5.43 Å². The van der Waals surface area contributed by atoms with Crippen molar-refractivity contribution in [2.45, 2.75) is 6.92 Å². The second-order valence-corrected chi connectivity index (χ2v) is 4.63. The minimum atomic E-state index is -0.692. The fourth-order valence-electron chi connectivity index (χ4n) is 1.93. The molecule has 2 N–H and O–H groups in total. The number of nitrogens with zero attached hydrogens (tertiary/aromatic N) is 2. The van der Waals surface area contributed by atoms with E-state index in [1.807, 2.05) is 0 Å². The fraction of sp³-hybridized carbons (Fsp3) is 0.125. The number of carbonyl (C=O) groups is 1. The highest BCUT2D eigenvalue weighted by Gasteiger charge is 2.18. The first-order valence-electron chi connectivity index (χ1n) is 7.05. The number of nitro benzene ring substituents is 1. The SMILES string of the molecule is CCOc1cc(/C=N\NC(=O)c2ccccc2[N+](=O)[O-])ccc1O. The number of hydrogen-bond acceptors (Lipinski definition) is 6. The van der Waals surface area contributed by atoms with Gasteiger partial charge in [0, 0.05) is 6.07 Å². The summed E-state index contributed by atoms with van der Waals surface area (Å²) in [7, 11) is 0. The van der Waals surface area contributed by atoms with Gasteiger partial charge < -0.3 is 9.84 Å². The van der Waals surface area contributed by atoms with Crippen molar-refractivity contribution in [3.8, 4) is 11.5 Å². The molecule has 0 aliphatic heterocycles.